The molecule has 2 rings (SSSR count). The Labute approximate surface area is 99.3 Å². The molecule has 0 bridgehead atoms. The second-order valence-electron chi connectivity index (χ2n) is 5.88. The van der Waals surface area contributed by atoms with E-state index in [1.165, 1.54) is 25.7 Å². The topological polar surface area (TPSA) is 33.3 Å². The van der Waals surface area contributed by atoms with Gasteiger partial charge in [0.2, 0.25) is 0 Å². The Morgan fingerprint density at radius 2 is 2.25 bits per heavy atom. The zero-order valence-electron chi connectivity index (χ0n) is 10.7. The molecule has 2 heterocycles. The SMILES string of the molecule is CC1(C)CNCCC1NCCC1CCCO1. The van der Waals surface area contributed by atoms with Crippen LogP contribution in [0.4, 0.5) is 0 Å². The van der Waals surface area contributed by atoms with Gasteiger partial charge in [0, 0.05) is 19.2 Å². The molecule has 2 N–H and O–H groups in total. The summed E-state index contributed by atoms with van der Waals surface area (Å²) in [7, 11) is 0. The summed E-state index contributed by atoms with van der Waals surface area (Å²) in [6, 6.07) is 0.662. The highest BCUT2D eigenvalue weighted by Crippen LogP contribution is 2.25. The summed E-state index contributed by atoms with van der Waals surface area (Å²) < 4.78 is 5.64. The van der Waals surface area contributed by atoms with Crippen molar-refractivity contribution in [3.05, 3.63) is 0 Å². The van der Waals surface area contributed by atoms with Crippen LogP contribution in [0.2, 0.25) is 0 Å². The van der Waals surface area contributed by atoms with E-state index in [1.807, 2.05) is 0 Å². The molecule has 0 radical (unpaired) electrons. The van der Waals surface area contributed by atoms with Crippen molar-refractivity contribution in [1.29, 1.82) is 0 Å². The van der Waals surface area contributed by atoms with E-state index in [2.05, 4.69) is 24.5 Å². The lowest BCUT2D eigenvalue weighted by Crippen LogP contribution is -2.53. The molecular formula is C13H26N2O. The second-order valence-corrected chi connectivity index (χ2v) is 5.88. The van der Waals surface area contributed by atoms with Gasteiger partial charge in [0.15, 0.2) is 0 Å². The van der Waals surface area contributed by atoms with Crippen molar-refractivity contribution in [2.24, 2.45) is 5.41 Å². The normalized spacial score (nSPS) is 34.1. The van der Waals surface area contributed by atoms with Crippen LogP contribution in [-0.2, 0) is 4.74 Å². The molecule has 2 fully saturated rings. The number of piperidine rings is 1. The van der Waals surface area contributed by atoms with E-state index in [0.29, 0.717) is 17.6 Å². The number of rotatable bonds is 4. The molecule has 2 atom stereocenters. The maximum Gasteiger partial charge on any atom is 0.0588 e. The van der Waals surface area contributed by atoms with Crippen LogP contribution in [0.5, 0.6) is 0 Å². The lowest BCUT2D eigenvalue weighted by atomic mass is 9.80. The zero-order valence-corrected chi connectivity index (χ0v) is 10.7. The van der Waals surface area contributed by atoms with Crippen LogP contribution in [0.3, 0.4) is 0 Å². The van der Waals surface area contributed by atoms with Gasteiger partial charge in [0.05, 0.1) is 6.10 Å². The minimum atomic E-state index is 0.384. The van der Waals surface area contributed by atoms with Gasteiger partial charge >= 0.3 is 0 Å². The summed E-state index contributed by atoms with van der Waals surface area (Å²) in [6.07, 6.45) is 5.47. The van der Waals surface area contributed by atoms with Crippen molar-refractivity contribution in [3.8, 4) is 0 Å². The van der Waals surface area contributed by atoms with Crippen molar-refractivity contribution in [3.63, 3.8) is 0 Å². The first kappa shape index (κ1) is 12.3. The monoisotopic (exact) mass is 226 g/mol. The van der Waals surface area contributed by atoms with E-state index in [0.717, 1.165) is 26.2 Å². The maximum absolute atomic E-state index is 5.64. The third-order valence-corrected chi connectivity index (χ3v) is 4.01. The Balaban J connectivity index is 1.67. The minimum absolute atomic E-state index is 0.384. The summed E-state index contributed by atoms with van der Waals surface area (Å²) in [5.74, 6) is 0. The first-order chi connectivity index (χ1) is 7.68. The Bertz CT molecular complexity index is 212. The van der Waals surface area contributed by atoms with Crippen molar-refractivity contribution in [1.82, 2.24) is 10.6 Å². The molecule has 0 amide bonds. The second kappa shape index (κ2) is 5.48. The Kier molecular flexibility index (Phi) is 4.22. The lowest BCUT2D eigenvalue weighted by molar-refractivity contribution is 0.0993. The molecule has 16 heavy (non-hydrogen) atoms. The molecule has 0 aromatic rings. The summed E-state index contributed by atoms with van der Waals surface area (Å²) in [6.45, 7) is 9.07. The molecule has 2 aliphatic rings. The van der Waals surface area contributed by atoms with Crippen molar-refractivity contribution in [2.45, 2.75) is 51.7 Å². The minimum Gasteiger partial charge on any atom is -0.378 e. The van der Waals surface area contributed by atoms with Crippen LogP contribution >= 0.6 is 0 Å². The molecule has 2 aliphatic heterocycles. The van der Waals surface area contributed by atoms with E-state index in [4.69, 9.17) is 4.74 Å². The standard InChI is InChI=1S/C13H26N2O/c1-13(2)10-14-7-6-12(13)15-8-5-11-4-3-9-16-11/h11-12,14-15H,3-10H2,1-2H3. The van der Waals surface area contributed by atoms with E-state index in [9.17, 15) is 0 Å². The van der Waals surface area contributed by atoms with E-state index in [1.54, 1.807) is 0 Å². The fraction of sp³-hybridized carbons (Fsp3) is 1.00. The van der Waals surface area contributed by atoms with Crippen molar-refractivity contribution < 1.29 is 4.74 Å². The molecule has 0 spiro atoms. The van der Waals surface area contributed by atoms with Crippen molar-refractivity contribution in [2.75, 3.05) is 26.2 Å². The predicted octanol–water partition coefficient (Wildman–Crippen LogP) is 1.53. The van der Waals surface area contributed by atoms with Gasteiger partial charge in [-0.3, -0.25) is 0 Å². The fourth-order valence-electron chi connectivity index (χ4n) is 2.84. The van der Waals surface area contributed by atoms with Gasteiger partial charge in [0.1, 0.15) is 0 Å². The highest BCUT2D eigenvalue weighted by Gasteiger charge is 2.31. The average molecular weight is 226 g/mol. The van der Waals surface area contributed by atoms with Gasteiger partial charge in [-0.25, -0.2) is 0 Å². The molecular weight excluding hydrogens is 200 g/mol. The van der Waals surface area contributed by atoms with Gasteiger partial charge in [-0.05, 0) is 44.2 Å². The molecule has 0 aromatic carbocycles. The van der Waals surface area contributed by atoms with Crippen LogP contribution in [-0.4, -0.2) is 38.4 Å². The van der Waals surface area contributed by atoms with Gasteiger partial charge < -0.3 is 15.4 Å². The Morgan fingerprint density at radius 1 is 1.38 bits per heavy atom. The van der Waals surface area contributed by atoms with Gasteiger partial charge in [-0.2, -0.15) is 0 Å². The van der Waals surface area contributed by atoms with E-state index >= 15 is 0 Å². The molecule has 0 saturated carbocycles. The quantitative estimate of drug-likeness (QED) is 0.763. The molecule has 0 aliphatic carbocycles. The van der Waals surface area contributed by atoms with E-state index < -0.39 is 0 Å². The largest absolute Gasteiger partial charge is 0.378 e. The average Bonchev–Trinajstić information content (AvgIpc) is 2.73. The summed E-state index contributed by atoms with van der Waals surface area (Å²) in [5, 5.41) is 7.19. The summed E-state index contributed by atoms with van der Waals surface area (Å²) >= 11 is 0. The van der Waals surface area contributed by atoms with Crippen LogP contribution in [0.25, 0.3) is 0 Å². The van der Waals surface area contributed by atoms with Gasteiger partial charge in [0.25, 0.3) is 0 Å². The van der Waals surface area contributed by atoms with Gasteiger partial charge in [-0.15, -0.1) is 0 Å². The predicted molar refractivity (Wildman–Crippen MR) is 66.6 cm³/mol. The van der Waals surface area contributed by atoms with Gasteiger partial charge in [-0.1, -0.05) is 13.8 Å². The molecule has 3 heteroatoms. The number of nitrogens with one attached hydrogen (secondary N) is 2. The molecule has 2 saturated heterocycles. The highest BCUT2D eigenvalue weighted by atomic mass is 16.5. The van der Waals surface area contributed by atoms with Crippen molar-refractivity contribution >= 4 is 0 Å². The Hall–Kier alpha value is -0.120. The highest BCUT2D eigenvalue weighted by molar-refractivity contribution is 4.90. The maximum atomic E-state index is 5.64. The van der Waals surface area contributed by atoms with Crippen LogP contribution in [0.1, 0.15) is 39.5 Å². The molecule has 2 unspecified atom stereocenters. The van der Waals surface area contributed by atoms with Crippen LogP contribution in [0.15, 0.2) is 0 Å². The molecule has 0 aromatic heterocycles. The number of ether oxygens (including phenoxy) is 1. The summed E-state index contributed by atoms with van der Waals surface area (Å²) in [4.78, 5) is 0. The summed E-state index contributed by atoms with van der Waals surface area (Å²) in [5.41, 5.74) is 0.384. The fourth-order valence-corrected chi connectivity index (χ4v) is 2.84. The number of hydrogen-bond donors (Lipinski definition) is 2. The third-order valence-electron chi connectivity index (χ3n) is 4.01. The molecule has 3 nitrogen and oxygen atoms in total. The zero-order chi connectivity index (χ0) is 11.4. The van der Waals surface area contributed by atoms with E-state index in [-0.39, 0.29) is 0 Å². The lowest BCUT2D eigenvalue weighted by Gasteiger charge is -2.39. The number of hydrogen-bond acceptors (Lipinski definition) is 3. The third kappa shape index (κ3) is 3.19. The van der Waals surface area contributed by atoms with Crippen LogP contribution < -0.4 is 10.6 Å². The Morgan fingerprint density at radius 3 is 2.94 bits per heavy atom. The first-order valence-corrected chi connectivity index (χ1v) is 6.74. The smallest absolute Gasteiger partial charge is 0.0588 e. The molecule has 94 valence electrons. The first-order valence-electron chi connectivity index (χ1n) is 6.74. The van der Waals surface area contributed by atoms with Crippen LogP contribution in [0, 0.1) is 5.41 Å².